The highest BCUT2D eigenvalue weighted by molar-refractivity contribution is 5.67. The van der Waals surface area contributed by atoms with E-state index in [9.17, 15) is 13.2 Å². The first-order valence-corrected chi connectivity index (χ1v) is 9.67. The summed E-state index contributed by atoms with van der Waals surface area (Å²) in [7, 11) is 0. The summed E-state index contributed by atoms with van der Waals surface area (Å²) in [4.78, 5) is 8.68. The quantitative estimate of drug-likeness (QED) is 0.526. The lowest BCUT2D eigenvalue weighted by atomic mass is 9.93. The van der Waals surface area contributed by atoms with Gasteiger partial charge in [-0.2, -0.15) is 13.2 Å². The van der Waals surface area contributed by atoms with Crippen molar-refractivity contribution < 1.29 is 17.9 Å². The van der Waals surface area contributed by atoms with E-state index >= 15 is 0 Å². The van der Waals surface area contributed by atoms with Crippen LogP contribution in [0.5, 0.6) is 5.75 Å². The van der Waals surface area contributed by atoms with Crippen LogP contribution in [0.15, 0.2) is 55.1 Å². The molecule has 158 valence electrons. The lowest BCUT2D eigenvalue weighted by Crippen LogP contribution is -2.18. The number of fused-ring (bicyclic) bond motifs is 1. The number of ether oxygens (including phenoxy) is 1. The van der Waals surface area contributed by atoms with Gasteiger partial charge >= 0.3 is 6.18 Å². The minimum absolute atomic E-state index is 0.263. The smallest absolute Gasteiger partial charge is 0.435 e. The first-order chi connectivity index (χ1) is 15.0. The van der Waals surface area contributed by atoms with E-state index in [1.807, 2.05) is 34.1 Å². The van der Waals surface area contributed by atoms with E-state index in [2.05, 4.69) is 26.3 Å². The van der Waals surface area contributed by atoms with Gasteiger partial charge in [-0.05, 0) is 30.2 Å². The number of nitrogens with one attached hydrogen (secondary N) is 1. The van der Waals surface area contributed by atoms with E-state index in [1.165, 1.54) is 18.3 Å². The first kappa shape index (κ1) is 19.3. The van der Waals surface area contributed by atoms with Gasteiger partial charge in [0.25, 0.3) is 0 Å². The number of alkyl halides is 3. The number of hydrogen-bond donors (Lipinski definition) is 1. The molecule has 0 radical (unpaired) electrons. The molecule has 7 nitrogen and oxygen atoms in total. The van der Waals surface area contributed by atoms with Crippen LogP contribution in [-0.2, 0) is 12.7 Å². The van der Waals surface area contributed by atoms with Crippen molar-refractivity contribution in [3.63, 3.8) is 0 Å². The molecule has 1 aliphatic rings. The second-order valence-corrected chi connectivity index (χ2v) is 7.29. The largest absolute Gasteiger partial charge is 0.493 e. The maximum Gasteiger partial charge on any atom is 0.435 e. The summed E-state index contributed by atoms with van der Waals surface area (Å²) in [5.41, 5.74) is 1.19. The van der Waals surface area contributed by atoms with Crippen LogP contribution in [0.4, 0.5) is 13.2 Å². The fourth-order valence-corrected chi connectivity index (χ4v) is 3.80. The van der Waals surface area contributed by atoms with Crippen LogP contribution in [0.3, 0.4) is 0 Å². The number of benzene rings is 1. The molecule has 31 heavy (non-hydrogen) atoms. The van der Waals surface area contributed by atoms with E-state index < -0.39 is 11.9 Å². The van der Waals surface area contributed by atoms with E-state index in [0.717, 1.165) is 17.7 Å². The van der Waals surface area contributed by atoms with Crippen molar-refractivity contribution >= 4 is 0 Å². The van der Waals surface area contributed by atoms with Crippen molar-refractivity contribution in [2.45, 2.75) is 25.1 Å². The fourth-order valence-electron chi connectivity index (χ4n) is 3.80. The lowest BCUT2D eigenvalue weighted by molar-refractivity contribution is -0.140. The molecule has 4 aromatic rings. The molecule has 0 saturated heterocycles. The molecule has 0 amide bonds. The average molecular weight is 426 g/mol. The summed E-state index contributed by atoms with van der Waals surface area (Å²) in [6, 6.07) is 11.0. The molecule has 0 spiro atoms. The van der Waals surface area contributed by atoms with Crippen molar-refractivity contribution in [2.75, 3.05) is 6.61 Å². The van der Waals surface area contributed by atoms with Crippen molar-refractivity contribution in [2.24, 2.45) is 0 Å². The lowest BCUT2D eigenvalue weighted by Gasteiger charge is -2.26. The molecule has 1 atom stereocenters. The molecule has 0 aliphatic carbocycles. The predicted octanol–water partition coefficient (Wildman–Crippen LogP) is 4.32. The number of nitrogens with zero attached hydrogens (tertiary/aromatic N) is 5. The van der Waals surface area contributed by atoms with Gasteiger partial charge < -0.3 is 9.30 Å². The van der Waals surface area contributed by atoms with Crippen LogP contribution < -0.4 is 4.74 Å². The van der Waals surface area contributed by atoms with Crippen LogP contribution in [0, 0.1) is 0 Å². The van der Waals surface area contributed by atoms with Gasteiger partial charge in [-0.25, -0.2) is 4.98 Å². The summed E-state index contributed by atoms with van der Waals surface area (Å²) in [6.45, 7) is 1.38. The van der Waals surface area contributed by atoms with Crippen LogP contribution >= 0.6 is 0 Å². The number of pyridine rings is 1. The molecule has 10 heteroatoms. The van der Waals surface area contributed by atoms with Crippen molar-refractivity contribution in [3.05, 3.63) is 66.4 Å². The molecular weight excluding hydrogens is 409 g/mol. The predicted molar refractivity (Wildman–Crippen MR) is 105 cm³/mol. The molecule has 5 rings (SSSR count). The Labute approximate surface area is 174 Å². The van der Waals surface area contributed by atoms with Crippen molar-refractivity contribution in [1.82, 2.24) is 29.9 Å². The Bertz CT molecular complexity index is 1220. The third-order valence-corrected chi connectivity index (χ3v) is 5.28. The number of halogens is 3. The Hall–Kier alpha value is -3.69. The van der Waals surface area contributed by atoms with Crippen LogP contribution in [0.2, 0.25) is 0 Å². The number of aromatic amines is 1. The molecule has 0 saturated carbocycles. The minimum Gasteiger partial charge on any atom is -0.493 e. The zero-order chi connectivity index (χ0) is 21.4. The highest BCUT2D eigenvalue weighted by atomic mass is 19.4. The van der Waals surface area contributed by atoms with Gasteiger partial charge in [-0.15, -0.1) is 5.10 Å². The molecule has 0 unspecified atom stereocenters. The molecule has 1 N–H and O–H groups in total. The molecule has 0 bridgehead atoms. The number of imidazole rings is 1. The van der Waals surface area contributed by atoms with Crippen molar-refractivity contribution in [3.8, 4) is 28.4 Å². The van der Waals surface area contributed by atoms with Gasteiger partial charge in [0.2, 0.25) is 0 Å². The first-order valence-electron chi connectivity index (χ1n) is 9.67. The van der Waals surface area contributed by atoms with Crippen LogP contribution in [-0.4, -0.2) is 36.6 Å². The fraction of sp³-hybridized carbons (Fsp3) is 0.238. The highest BCUT2D eigenvalue weighted by Crippen LogP contribution is 2.36. The van der Waals surface area contributed by atoms with Gasteiger partial charge in [-0.1, -0.05) is 23.4 Å². The average Bonchev–Trinajstić information content (AvgIpc) is 3.44. The van der Waals surface area contributed by atoms with Gasteiger partial charge in [0.1, 0.15) is 17.1 Å². The van der Waals surface area contributed by atoms with Gasteiger partial charge in [0, 0.05) is 30.4 Å². The second kappa shape index (κ2) is 7.53. The number of H-pyrrole nitrogens is 1. The number of aromatic nitrogens is 6. The molecule has 4 heterocycles. The Morgan fingerprint density at radius 3 is 2.87 bits per heavy atom. The maximum absolute atomic E-state index is 13.2. The zero-order valence-corrected chi connectivity index (χ0v) is 16.2. The summed E-state index contributed by atoms with van der Waals surface area (Å²) < 4.78 is 47.2. The van der Waals surface area contributed by atoms with Gasteiger partial charge in [0.05, 0.1) is 18.6 Å². The second-order valence-electron chi connectivity index (χ2n) is 7.29. The maximum atomic E-state index is 13.2. The molecule has 3 aromatic heterocycles. The summed E-state index contributed by atoms with van der Waals surface area (Å²) in [5, 5.41) is 8.84. The van der Waals surface area contributed by atoms with Gasteiger partial charge in [0.15, 0.2) is 5.69 Å². The Balaban J connectivity index is 1.40. The SMILES string of the molecule is FC(F)(F)c1[nH]nnc1-c1ccnc(-c2cn(C[C@H]3CCOc4ccccc43)cn2)c1. The van der Waals surface area contributed by atoms with E-state index in [0.29, 0.717) is 24.5 Å². The monoisotopic (exact) mass is 426 g/mol. The topological polar surface area (TPSA) is 81.5 Å². The Morgan fingerprint density at radius 1 is 1.13 bits per heavy atom. The van der Waals surface area contributed by atoms with Crippen LogP contribution in [0.25, 0.3) is 22.6 Å². The molecular formula is C21H17F3N6O. The normalized spacial score (nSPS) is 16.0. The molecule has 0 fully saturated rings. The van der Waals surface area contributed by atoms with Gasteiger partial charge in [-0.3, -0.25) is 10.1 Å². The third kappa shape index (κ3) is 3.76. The summed E-state index contributed by atoms with van der Waals surface area (Å²) >= 11 is 0. The number of hydrogen-bond acceptors (Lipinski definition) is 5. The Kier molecular flexibility index (Phi) is 4.68. The van der Waals surface area contributed by atoms with E-state index in [4.69, 9.17) is 4.74 Å². The zero-order valence-electron chi connectivity index (χ0n) is 16.2. The highest BCUT2D eigenvalue weighted by Gasteiger charge is 2.37. The molecule has 1 aliphatic heterocycles. The summed E-state index contributed by atoms with van der Waals surface area (Å²) in [5.74, 6) is 1.19. The summed E-state index contributed by atoms with van der Waals surface area (Å²) in [6.07, 6.45) is 1.30. The third-order valence-electron chi connectivity index (χ3n) is 5.28. The number of para-hydroxylation sites is 1. The Morgan fingerprint density at radius 2 is 2.00 bits per heavy atom. The van der Waals surface area contributed by atoms with Crippen molar-refractivity contribution in [1.29, 1.82) is 0 Å². The van der Waals surface area contributed by atoms with E-state index in [-0.39, 0.29) is 17.2 Å². The molecule has 1 aromatic carbocycles. The van der Waals surface area contributed by atoms with E-state index in [1.54, 1.807) is 6.33 Å². The minimum atomic E-state index is -4.58. The standard InChI is InChI=1S/C21H17F3N6O/c22-21(23,24)20-19(27-29-28-20)13-5-7-25-16(9-13)17-11-30(12-26-17)10-14-6-8-31-18-4-2-1-3-15(14)18/h1-5,7,9,11-12,14H,6,8,10H2,(H,27,28,29)/t14-/m1/s1. The van der Waals surface area contributed by atoms with Crippen LogP contribution in [0.1, 0.15) is 23.6 Å². The number of rotatable bonds is 4.